The van der Waals surface area contributed by atoms with Crippen molar-refractivity contribution in [2.24, 2.45) is 0 Å². The van der Waals surface area contributed by atoms with Gasteiger partial charge in [-0.1, -0.05) is 41.9 Å². The zero-order valence-corrected chi connectivity index (χ0v) is 16.5. The number of likely N-dealkylation sites (N-methyl/N-ethyl adjacent to an activating group) is 1. The van der Waals surface area contributed by atoms with Crippen molar-refractivity contribution < 1.29 is 17.6 Å². The van der Waals surface area contributed by atoms with E-state index in [4.69, 9.17) is 11.6 Å². The Bertz CT molecular complexity index is 1190. The van der Waals surface area contributed by atoms with Gasteiger partial charge in [0.05, 0.1) is 10.6 Å². The first-order valence-electron chi connectivity index (χ1n) is 8.52. The van der Waals surface area contributed by atoms with Crippen LogP contribution in [-0.4, -0.2) is 32.8 Å². The number of rotatable bonds is 4. The van der Waals surface area contributed by atoms with E-state index in [0.717, 1.165) is 9.69 Å². The molecule has 1 aliphatic heterocycles. The van der Waals surface area contributed by atoms with E-state index in [1.165, 1.54) is 30.1 Å². The van der Waals surface area contributed by atoms with Gasteiger partial charge in [-0.2, -0.15) is 0 Å². The standard InChI is InChI=1S/C20H16ClFN2O3S/c1-23(11-14-15(21)7-4-8-16(14)22)19(25)12-24-17-9-2-5-13-6-3-10-18(20(13)17)28(24,26)27/h2-10H,11-12H2,1H3. The molecule has 4 rings (SSSR count). The van der Waals surface area contributed by atoms with Crippen LogP contribution in [-0.2, 0) is 21.4 Å². The predicted octanol–water partition coefficient (Wildman–Crippen LogP) is 3.80. The molecular weight excluding hydrogens is 403 g/mol. The van der Waals surface area contributed by atoms with Gasteiger partial charge in [0.2, 0.25) is 5.91 Å². The molecule has 3 aromatic rings. The third-order valence-corrected chi connectivity index (χ3v) is 7.00. The number of sulfonamides is 1. The van der Waals surface area contributed by atoms with Gasteiger partial charge >= 0.3 is 0 Å². The van der Waals surface area contributed by atoms with Gasteiger partial charge < -0.3 is 4.90 Å². The van der Waals surface area contributed by atoms with Gasteiger partial charge in [-0.25, -0.2) is 12.8 Å². The molecule has 5 nitrogen and oxygen atoms in total. The second-order valence-corrected chi connectivity index (χ2v) is 8.83. The predicted molar refractivity (Wildman–Crippen MR) is 106 cm³/mol. The first-order chi connectivity index (χ1) is 13.3. The molecule has 0 atom stereocenters. The lowest BCUT2D eigenvalue weighted by Gasteiger charge is -2.23. The number of hydrogen-bond donors (Lipinski definition) is 0. The molecule has 0 radical (unpaired) electrons. The molecule has 0 saturated heterocycles. The lowest BCUT2D eigenvalue weighted by atomic mass is 10.1. The molecule has 1 heterocycles. The highest BCUT2D eigenvalue weighted by Gasteiger charge is 2.37. The van der Waals surface area contributed by atoms with Crippen molar-refractivity contribution in [2.75, 3.05) is 17.9 Å². The maximum absolute atomic E-state index is 14.0. The summed E-state index contributed by atoms with van der Waals surface area (Å²) < 4.78 is 41.0. The molecule has 144 valence electrons. The Balaban J connectivity index is 1.63. The maximum atomic E-state index is 14.0. The number of carbonyl (C=O) groups excluding carboxylic acids is 1. The van der Waals surface area contributed by atoms with Crippen molar-refractivity contribution >= 4 is 44.0 Å². The fraction of sp³-hybridized carbons (Fsp3) is 0.150. The van der Waals surface area contributed by atoms with Crippen LogP contribution in [0.2, 0.25) is 5.02 Å². The summed E-state index contributed by atoms with van der Waals surface area (Å²) in [6, 6.07) is 14.6. The Hall–Kier alpha value is -2.64. The average molecular weight is 419 g/mol. The molecule has 8 heteroatoms. The number of nitrogens with zero attached hydrogens (tertiary/aromatic N) is 2. The highest BCUT2D eigenvalue weighted by atomic mass is 35.5. The van der Waals surface area contributed by atoms with Crippen LogP contribution in [0.15, 0.2) is 59.5 Å². The van der Waals surface area contributed by atoms with Gasteiger partial charge in [0.25, 0.3) is 10.0 Å². The van der Waals surface area contributed by atoms with E-state index in [2.05, 4.69) is 0 Å². The highest BCUT2D eigenvalue weighted by molar-refractivity contribution is 7.93. The summed E-state index contributed by atoms with van der Waals surface area (Å²) in [5.41, 5.74) is 0.661. The largest absolute Gasteiger partial charge is 0.340 e. The summed E-state index contributed by atoms with van der Waals surface area (Å²) in [6.07, 6.45) is 0. The molecule has 1 amide bonds. The number of anilines is 1. The van der Waals surface area contributed by atoms with E-state index in [1.807, 2.05) is 12.1 Å². The van der Waals surface area contributed by atoms with Gasteiger partial charge in [-0.3, -0.25) is 9.10 Å². The van der Waals surface area contributed by atoms with Crippen molar-refractivity contribution in [1.29, 1.82) is 0 Å². The number of amides is 1. The van der Waals surface area contributed by atoms with E-state index < -0.39 is 21.7 Å². The summed E-state index contributed by atoms with van der Waals surface area (Å²) in [5, 5.41) is 1.61. The molecule has 0 saturated carbocycles. The molecule has 0 aromatic heterocycles. The smallest absolute Gasteiger partial charge is 0.265 e. The summed E-state index contributed by atoms with van der Waals surface area (Å²) >= 11 is 6.02. The molecule has 0 bridgehead atoms. The molecule has 0 spiro atoms. The SMILES string of the molecule is CN(Cc1c(F)cccc1Cl)C(=O)CN1c2cccc3cccc(c23)S1(=O)=O. The summed E-state index contributed by atoms with van der Waals surface area (Å²) in [4.78, 5) is 14.2. The van der Waals surface area contributed by atoms with Crippen molar-refractivity contribution in [3.05, 3.63) is 71.0 Å². The molecule has 0 fully saturated rings. The Labute approximate surface area is 167 Å². The fourth-order valence-corrected chi connectivity index (χ4v) is 5.26. The van der Waals surface area contributed by atoms with Crippen molar-refractivity contribution in [2.45, 2.75) is 11.4 Å². The van der Waals surface area contributed by atoms with Gasteiger partial charge in [-0.05, 0) is 29.7 Å². The second kappa shape index (κ2) is 6.76. The Kier molecular flexibility index (Phi) is 4.51. The van der Waals surface area contributed by atoms with E-state index in [0.29, 0.717) is 11.1 Å². The molecule has 1 aliphatic rings. The third kappa shape index (κ3) is 2.91. The Morgan fingerprint density at radius 3 is 2.50 bits per heavy atom. The highest BCUT2D eigenvalue weighted by Crippen LogP contribution is 2.41. The van der Waals surface area contributed by atoms with E-state index >= 15 is 0 Å². The van der Waals surface area contributed by atoms with E-state index in [1.54, 1.807) is 24.3 Å². The fourth-order valence-electron chi connectivity index (χ4n) is 3.38. The zero-order valence-electron chi connectivity index (χ0n) is 14.9. The lowest BCUT2D eigenvalue weighted by molar-refractivity contribution is -0.128. The quantitative estimate of drug-likeness (QED) is 0.647. The van der Waals surface area contributed by atoms with Gasteiger partial charge in [0.15, 0.2) is 0 Å². The van der Waals surface area contributed by atoms with Crippen LogP contribution in [0.25, 0.3) is 10.8 Å². The van der Waals surface area contributed by atoms with Crippen molar-refractivity contribution in [1.82, 2.24) is 4.90 Å². The third-order valence-electron chi connectivity index (χ3n) is 4.84. The monoisotopic (exact) mass is 418 g/mol. The van der Waals surface area contributed by atoms with Gasteiger partial charge in [-0.15, -0.1) is 0 Å². The molecule has 0 unspecified atom stereocenters. The molecule has 0 N–H and O–H groups in total. The minimum atomic E-state index is -3.83. The minimum absolute atomic E-state index is 0.0601. The molecular formula is C20H16ClFN2O3S. The van der Waals surface area contributed by atoms with Crippen molar-refractivity contribution in [3.8, 4) is 0 Å². The van der Waals surface area contributed by atoms with Crippen LogP contribution < -0.4 is 4.31 Å². The van der Waals surface area contributed by atoms with Crippen LogP contribution in [0.3, 0.4) is 0 Å². The van der Waals surface area contributed by atoms with E-state index in [9.17, 15) is 17.6 Å². The topological polar surface area (TPSA) is 57.7 Å². The van der Waals surface area contributed by atoms with Crippen LogP contribution in [0, 0.1) is 5.82 Å². The van der Waals surface area contributed by atoms with Crippen molar-refractivity contribution in [3.63, 3.8) is 0 Å². The Morgan fingerprint density at radius 1 is 1.11 bits per heavy atom. The van der Waals surface area contributed by atoms with Crippen LogP contribution in [0.5, 0.6) is 0 Å². The number of carbonyl (C=O) groups is 1. The zero-order chi connectivity index (χ0) is 20.1. The molecule has 3 aromatic carbocycles. The minimum Gasteiger partial charge on any atom is -0.340 e. The summed E-state index contributed by atoms with van der Waals surface area (Å²) in [7, 11) is -2.34. The van der Waals surface area contributed by atoms with E-state index in [-0.39, 0.29) is 28.6 Å². The number of halogens is 2. The number of benzene rings is 3. The van der Waals surface area contributed by atoms with Gasteiger partial charge in [0, 0.05) is 29.6 Å². The first-order valence-corrected chi connectivity index (χ1v) is 10.3. The van der Waals surface area contributed by atoms with Crippen LogP contribution in [0.1, 0.15) is 5.56 Å². The Morgan fingerprint density at radius 2 is 1.79 bits per heavy atom. The van der Waals surface area contributed by atoms with Crippen LogP contribution >= 0.6 is 11.6 Å². The average Bonchev–Trinajstić information content (AvgIpc) is 2.88. The summed E-state index contributed by atoms with van der Waals surface area (Å²) in [5.74, 6) is -0.981. The maximum Gasteiger partial charge on any atom is 0.265 e. The number of hydrogen-bond acceptors (Lipinski definition) is 3. The molecule has 0 aliphatic carbocycles. The second-order valence-electron chi connectivity index (χ2n) is 6.59. The van der Waals surface area contributed by atoms with Crippen LogP contribution in [0.4, 0.5) is 10.1 Å². The lowest BCUT2D eigenvalue weighted by Crippen LogP contribution is -2.39. The van der Waals surface area contributed by atoms with Gasteiger partial charge in [0.1, 0.15) is 12.4 Å². The normalized spacial score (nSPS) is 14.5. The summed E-state index contributed by atoms with van der Waals surface area (Å²) in [6.45, 7) is -0.436. The molecule has 28 heavy (non-hydrogen) atoms. The first kappa shape index (κ1) is 18.7.